The number of phosphoric ester groups is 1. The second kappa shape index (κ2) is 35.4. The molecule has 282 valence electrons. The van der Waals surface area contributed by atoms with Crippen LogP contribution in [0.1, 0.15) is 188 Å². The summed E-state index contributed by atoms with van der Waals surface area (Å²) in [6, 6.07) is 0. The van der Waals surface area contributed by atoms with Crippen molar-refractivity contribution in [2.45, 2.75) is 194 Å². The molecule has 0 saturated heterocycles. The van der Waals surface area contributed by atoms with Gasteiger partial charge in [-0.25, -0.2) is 4.57 Å². The lowest BCUT2D eigenvalue weighted by molar-refractivity contribution is -0.161. The number of rotatable bonds is 36. The minimum atomic E-state index is -4.27. The molecule has 2 atom stereocenters. The molecule has 0 spiro atoms. The fraction of sp³-hybridized carbons (Fsp3) is 0.846. The quantitative estimate of drug-likeness (QED) is 0.0298. The number of allylic oxidation sites excluding steroid dienone is 4. The van der Waals surface area contributed by atoms with E-state index in [1.54, 1.807) is 6.92 Å². The van der Waals surface area contributed by atoms with Crippen molar-refractivity contribution in [3.8, 4) is 0 Å². The van der Waals surface area contributed by atoms with Crippen molar-refractivity contribution in [2.24, 2.45) is 0 Å². The van der Waals surface area contributed by atoms with E-state index in [-0.39, 0.29) is 25.6 Å². The van der Waals surface area contributed by atoms with Gasteiger partial charge in [0.1, 0.15) is 6.61 Å². The van der Waals surface area contributed by atoms with Gasteiger partial charge in [0.05, 0.1) is 13.2 Å². The summed E-state index contributed by atoms with van der Waals surface area (Å²) in [6.07, 6.45) is 36.5. The molecule has 1 N–H and O–H groups in total. The smallest absolute Gasteiger partial charge is 0.462 e. The van der Waals surface area contributed by atoms with Crippen molar-refractivity contribution >= 4 is 19.8 Å². The van der Waals surface area contributed by atoms with Crippen LogP contribution in [-0.2, 0) is 32.7 Å². The number of esters is 2. The van der Waals surface area contributed by atoms with Crippen LogP contribution in [-0.4, -0.2) is 42.8 Å². The third-order valence-electron chi connectivity index (χ3n) is 8.26. The van der Waals surface area contributed by atoms with E-state index in [4.69, 9.17) is 18.5 Å². The molecule has 0 saturated carbocycles. The van der Waals surface area contributed by atoms with E-state index in [0.29, 0.717) is 12.8 Å². The number of hydrogen-bond donors (Lipinski definition) is 1. The van der Waals surface area contributed by atoms with E-state index in [9.17, 15) is 19.0 Å². The van der Waals surface area contributed by atoms with Crippen LogP contribution >= 0.6 is 7.82 Å². The number of hydrogen-bond acceptors (Lipinski definition) is 7. The van der Waals surface area contributed by atoms with Crippen LogP contribution in [0.3, 0.4) is 0 Å². The lowest BCUT2D eigenvalue weighted by Gasteiger charge is -2.19. The minimum Gasteiger partial charge on any atom is -0.462 e. The van der Waals surface area contributed by atoms with E-state index in [1.807, 2.05) is 0 Å². The number of phosphoric acid groups is 1. The molecular weight excluding hydrogens is 627 g/mol. The zero-order valence-corrected chi connectivity index (χ0v) is 32.0. The van der Waals surface area contributed by atoms with Crippen molar-refractivity contribution in [2.75, 3.05) is 19.8 Å². The van der Waals surface area contributed by atoms with Gasteiger partial charge in [0.25, 0.3) is 0 Å². The fourth-order valence-electron chi connectivity index (χ4n) is 5.36. The highest BCUT2D eigenvalue weighted by molar-refractivity contribution is 7.47. The van der Waals surface area contributed by atoms with E-state index in [2.05, 4.69) is 38.2 Å². The van der Waals surface area contributed by atoms with Gasteiger partial charge in [-0.15, -0.1) is 0 Å². The topological polar surface area (TPSA) is 108 Å². The predicted molar refractivity (Wildman–Crippen MR) is 198 cm³/mol. The molecule has 0 fully saturated rings. The highest BCUT2D eigenvalue weighted by Gasteiger charge is 2.25. The number of ether oxygens (including phenoxy) is 2. The van der Waals surface area contributed by atoms with E-state index in [0.717, 1.165) is 57.8 Å². The van der Waals surface area contributed by atoms with Gasteiger partial charge in [-0.05, 0) is 51.9 Å². The van der Waals surface area contributed by atoms with Gasteiger partial charge in [0, 0.05) is 12.8 Å². The molecule has 0 aromatic carbocycles. The zero-order chi connectivity index (χ0) is 35.4. The molecule has 9 heteroatoms. The summed E-state index contributed by atoms with van der Waals surface area (Å²) in [5, 5.41) is 0. The Kier molecular flexibility index (Phi) is 34.3. The average Bonchev–Trinajstić information content (AvgIpc) is 3.06. The second-order valence-corrected chi connectivity index (χ2v) is 14.4. The molecule has 0 radical (unpaired) electrons. The lowest BCUT2D eigenvalue weighted by atomic mass is 10.0. The van der Waals surface area contributed by atoms with Gasteiger partial charge < -0.3 is 14.4 Å². The molecule has 0 aromatic rings. The van der Waals surface area contributed by atoms with Crippen molar-refractivity contribution < 1.29 is 37.6 Å². The molecule has 0 amide bonds. The van der Waals surface area contributed by atoms with Crippen LogP contribution < -0.4 is 0 Å². The standard InChI is InChI=1S/C39H73O8P/c1-4-7-9-11-13-15-17-19-20-22-24-26-28-30-32-34-39(41)47-37(36-46-48(42,43)45-6-3)35-44-38(40)33-31-29-27-25-23-21-18-16-14-12-10-8-5-2/h13,15,19-20,37H,4-12,14,16-18,21-36H2,1-3H3,(H,42,43)/b15-13-,20-19-. The van der Waals surface area contributed by atoms with Crippen LogP contribution in [0.5, 0.6) is 0 Å². The molecular formula is C39H73O8P. The van der Waals surface area contributed by atoms with Crippen LogP contribution in [0.15, 0.2) is 24.3 Å². The van der Waals surface area contributed by atoms with Gasteiger partial charge in [-0.1, -0.05) is 147 Å². The summed E-state index contributed by atoms with van der Waals surface area (Å²) < 4.78 is 32.5. The van der Waals surface area contributed by atoms with Gasteiger partial charge in [-0.3, -0.25) is 18.6 Å². The summed E-state index contributed by atoms with van der Waals surface area (Å²) in [6.45, 7) is 5.43. The predicted octanol–water partition coefficient (Wildman–Crippen LogP) is 11.9. The Hall–Kier alpha value is -1.47. The van der Waals surface area contributed by atoms with E-state index >= 15 is 0 Å². The largest absolute Gasteiger partial charge is 0.472 e. The fourth-order valence-corrected chi connectivity index (χ4v) is 6.12. The monoisotopic (exact) mass is 701 g/mol. The normalized spacial score (nSPS) is 13.7. The van der Waals surface area contributed by atoms with Gasteiger partial charge in [0.15, 0.2) is 6.10 Å². The van der Waals surface area contributed by atoms with Crippen molar-refractivity contribution in [1.82, 2.24) is 0 Å². The van der Waals surface area contributed by atoms with E-state index in [1.165, 1.54) is 89.9 Å². The Morgan fingerprint density at radius 3 is 1.52 bits per heavy atom. The molecule has 0 aliphatic carbocycles. The Morgan fingerprint density at radius 2 is 1.00 bits per heavy atom. The first-order valence-corrected chi connectivity index (χ1v) is 21.1. The SMILES string of the molecule is CCCCC/C=C\C/C=C\CCCCCCCC(=O)OC(COC(=O)CCCCCCCCCCCCCCC)COP(=O)(O)OCC. The first-order chi connectivity index (χ1) is 23.3. The minimum absolute atomic E-state index is 0.000826. The second-order valence-electron chi connectivity index (χ2n) is 13.0. The maximum atomic E-state index is 12.5. The van der Waals surface area contributed by atoms with Crippen LogP contribution in [0.4, 0.5) is 0 Å². The van der Waals surface area contributed by atoms with Crippen LogP contribution in [0.25, 0.3) is 0 Å². The zero-order valence-electron chi connectivity index (χ0n) is 31.1. The molecule has 0 heterocycles. The van der Waals surface area contributed by atoms with Crippen molar-refractivity contribution in [3.05, 3.63) is 24.3 Å². The molecule has 8 nitrogen and oxygen atoms in total. The summed E-state index contributed by atoms with van der Waals surface area (Å²) >= 11 is 0. The van der Waals surface area contributed by atoms with Crippen LogP contribution in [0.2, 0.25) is 0 Å². The van der Waals surface area contributed by atoms with E-state index < -0.39 is 26.5 Å². The van der Waals surface area contributed by atoms with Gasteiger partial charge in [0.2, 0.25) is 0 Å². The summed E-state index contributed by atoms with van der Waals surface area (Å²) in [7, 11) is -4.27. The molecule has 0 bridgehead atoms. The highest BCUT2D eigenvalue weighted by atomic mass is 31.2. The first-order valence-electron chi connectivity index (χ1n) is 19.6. The molecule has 0 rings (SSSR count). The Morgan fingerprint density at radius 1 is 0.562 bits per heavy atom. The third-order valence-corrected chi connectivity index (χ3v) is 9.32. The highest BCUT2D eigenvalue weighted by Crippen LogP contribution is 2.43. The average molecular weight is 701 g/mol. The molecule has 0 aliphatic rings. The first kappa shape index (κ1) is 46.5. The van der Waals surface area contributed by atoms with Crippen molar-refractivity contribution in [3.63, 3.8) is 0 Å². The van der Waals surface area contributed by atoms with Gasteiger partial charge in [-0.2, -0.15) is 0 Å². The molecule has 0 aliphatic heterocycles. The van der Waals surface area contributed by atoms with Crippen molar-refractivity contribution in [1.29, 1.82) is 0 Å². The lowest BCUT2D eigenvalue weighted by Crippen LogP contribution is -2.29. The summed E-state index contributed by atoms with van der Waals surface area (Å²) in [4.78, 5) is 34.6. The molecule has 48 heavy (non-hydrogen) atoms. The Bertz CT molecular complexity index is 844. The maximum absolute atomic E-state index is 12.5. The molecule has 2 unspecified atom stereocenters. The van der Waals surface area contributed by atoms with Crippen LogP contribution in [0, 0.1) is 0 Å². The number of carbonyl (C=O) groups is 2. The number of unbranched alkanes of at least 4 members (excludes halogenated alkanes) is 20. The Balaban J connectivity index is 4.15. The van der Waals surface area contributed by atoms with Gasteiger partial charge >= 0.3 is 19.8 Å². The summed E-state index contributed by atoms with van der Waals surface area (Å²) in [5.74, 6) is -0.809. The molecule has 0 aromatic heterocycles. The number of carbonyl (C=O) groups excluding carboxylic acids is 2. The maximum Gasteiger partial charge on any atom is 0.472 e. The Labute approximate surface area is 294 Å². The summed E-state index contributed by atoms with van der Waals surface area (Å²) in [5.41, 5.74) is 0. The third kappa shape index (κ3) is 34.4.